The molecule has 1 amide bonds. The van der Waals surface area contributed by atoms with E-state index in [2.05, 4.69) is 4.98 Å². The summed E-state index contributed by atoms with van der Waals surface area (Å²) < 4.78 is 6.15. The van der Waals surface area contributed by atoms with Crippen molar-refractivity contribution in [1.82, 2.24) is 4.98 Å². The number of nitrogens with zero attached hydrogens (tertiary/aromatic N) is 3. The average molecular weight is 468 g/mol. The van der Waals surface area contributed by atoms with Crippen molar-refractivity contribution in [1.29, 1.82) is 0 Å². The average Bonchev–Trinajstić information content (AvgIpc) is 3.25. The number of hydrogen-bond donors (Lipinski definition) is 0. The normalized spacial score (nSPS) is 10.8. The summed E-state index contributed by atoms with van der Waals surface area (Å²) in [5, 5.41) is 11.9. The Hall–Kier alpha value is -3.49. The molecule has 0 unspecified atom stereocenters. The van der Waals surface area contributed by atoms with Gasteiger partial charge in [-0.1, -0.05) is 65.4 Å². The quantitative estimate of drug-likeness (QED) is 0.259. The predicted octanol–water partition coefficient (Wildman–Crippen LogP) is 5.64. The fourth-order valence-electron chi connectivity index (χ4n) is 3.26. The fourth-order valence-corrected chi connectivity index (χ4v) is 4.53. The molecule has 162 valence electrons. The molecule has 0 atom stereocenters. The molecule has 0 aliphatic carbocycles. The van der Waals surface area contributed by atoms with Gasteiger partial charge in [-0.05, 0) is 23.3 Å². The van der Waals surface area contributed by atoms with E-state index in [0.717, 1.165) is 10.3 Å². The number of anilines is 1. The molecule has 0 bridgehead atoms. The highest BCUT2D eigenvalue weighted by molar-refractivity contribution is 7.23. The lowest BCUT2D eigenvalue weighted by Gasteiger charge is -2.20. The van der Waals surface area contributed by atoms with E-state index in [1.807, 2.05) is 30.3 Å². The first-order chi connectivity index (χ1) is 15.5. The summed E-state index contributed by atoms with van der Waals surface area (Å²) in [5.74, 6) is 0.395. The van der Waals surface area contributed by atoms with Crippen LogP contribution in [0.2, 0.25) is 5.02 Å². The van der Waals surface area contributed by atoms with E-state index in [0.29, 0.717) is 33.5 Å². The Morgan fingerprint density at radius 2 is 1.81 bits per heavy atom. The van der Waals surface area contributed by atoms with Gasteiger partial charge < -0.3 is 4.74 Å². The monoisotopic (exact) mass is 467 g/mol. The number of nitro benzene ring substituents is 1. The van der Waals surface area contributed by atoms with Crippen molar-refractivity contribution in [3.8, 4) is 5.75 Å². The maximum absolute atomic E-state index is 13.3. The Labute approximate surface area is 193 Å². The number of fused-ring (bicyclic) bond motifs is 1. The number of ether oxygens (including phenoxy) is 1. The van der Waals surface area contributed by atoms with Gasteiger partial charge in [0.2, 0.25) is 5.91 Å². The maximum Gasteiger partial charge on any atom is 0.269 e. The van der Waals surface area contributed by atoms with Crippen molar-refractivity contribution >= 4 is 49.9 Å². The molecule has 3 aromatic carbocycles. The summed E-state index contributed by atoms with van der Waals surface area (Å²) in [5.41, 5.74) is 2.20. The van der Waals surface area contributed by atoms with Gasteiger partial charge in [-0.3, -0.25) is 19.8 Å². The number of aromatic nitrogens is 1. The van der Waals surface area contributed by atoms with Crippen molar-refractivity contribution in [2.24, 2.45) is 0 Å². The Morgan fingerprint density at radius 3 is 2.47 bits per heavy atom. The summed E-state index contributed by atoms with van der Waals surface area (Å²) >= 11 is 7.69. The van der Waals surface area contributed by atoms with Gasteiger partial charge in [0.15, 0.2) is 5.13 Å². The third-order valence-corrected chi connectivity index (χ3v) is 6.42. The Kier molecular flexibility index (Phi) is 6.34. The van der Waals surface area contributed by atoms with Gasteiger partial charge in [0.25, 0.3) is 5.69 Å². The van der Waals surface area contributed by atoms with Crippen LogP contribution in [0.3, 0.4) is 0 Å². The molecule has 9 heteroatoms. The summed E-state index contributed by atoms with van der Waals surface area (Å²) in [6.07, 6.45) is 0.0750. The van der Waals surface area contributed by atoms with Crippen LogP contribution in [0.4, 0.5) is 10.8 Å². The van der Waals surface area contributed by atoms with E-state index in [4.69, 9.17) is 16.3 Å². The number of amides is 1. The largest absolute Gasteiger partial charge is 0.494 e. The van der Waals surface area contributed by atoms with Crippen molar-refractivity contribution in [3.05, 3.63) is 93.0 Å². The molecule has 0 N–H and O–H groups in total. The highest BCUT2D eigenvalue weighted by Gasteiger charge is 2.23. The number of nitro groups is 1. The smallest absolute Gasteiger partial charge is 0.269 e. The zero-order chi connectivity index (χ0) is 22.7. The van der Waals surface area contributed by atoms with Gasteiger partial charge >= 0.3 is 0 Å². The number of benzene rings is 3. The third-order valence-electron chi connectivity index (χ3n) is 4.89. The summed E-state index contributed by atoms with van der Waals surface area (Å²) in [6.45, 7) is 0.326. The van der Waals surface area contributed by atoms with Crippen LogP contribution in [0.25, 0.3) is 10.2 Å². The topological polar surface area (TPSA) is 85.6 Å². The molecule has 1 heterocycles. The van der Waals surface area contributed by atoms with E-state index in [1.54, 1.807) is 36.3 Å². The molecule has 1 aromatic heterocycles. The van der Waals surface area contributed by atoms with E-state index >= 15 is 0 Å². The van der Waals surface area contributed by atoms with Crippen molar-refractivity contribution in [2.45, 2.75) is 13.0 Å². The number of carbonyl (C=O) groups excluding carboxylic acids is 1. The van der Waals surface area contributed by atoms with E-state index < -0.39 is 4.92 Å². The van der Waals surface area contributed by atoms with Gasteiger partial charge in [-0.25, -0.2) is 4.98 Å². The molecule has 32 heavy (non-hydrogen) atoms. The number of methoxy groups -OCH3 is 1. The molecular formula is C23H18ClN3O4S. The minimum Gasteiger partial charge on any atom is -0.494 e. The van der Waals surface area contributed by atoms with Crippen LogP contribution in [-0.2, 0) is 17.8 Å². The van der Waals surface area contributed by atoms with Crippen molar-refractivity contribution in [3.63, 3.8) is 0 Å². The van der Waals surface area contributed by atoms with Gasteiger partial charge in [0.05, 0.1) is 34.7 Å². The molecule has 0 radical (unpaired) electrons. The summed E-state index contributed by atoms with van der Waals surface area (Å²) in [7, 11) is 1.56. The first kappa shape index (κ1) is 21.7. The minimum absolute atomic E-state index is 0.0183. The lowest BCUT2D eigenvalue weighted by molar-refractivity contribution is -0.384. The van der Waals surface area contributed by atoms with E-state index in [9.17, 15) is 14.9 Å². The third kappa shape index (κ3) is 4.56. The first-order valence-electron chi connectivity index (χ1n) is 9.67. The van der Waals surface area contributed by atoms with Gasteiger partial charge in [-0.15, -0.1) is 0 Å². The molecule has 4 aromatic rings. The van der Waals surface area contributed by atoms with Crippen LogP contribution >= 0.6 is 22.9 Å². The first-order valence-corrected chi connectivity index (χ1v) is 10.9. The number of thiazole rings is 1. The van der Waals surface area contributed by atoms with Crippen LogP contribution in [0.15, 0.2) is 66.7 Å². The second kappa shape index (κ2) is 9.33. The fraction of sp³-hybridized carbons (Fsp3) is 0.130. The lowest BCUT2D eigenvalue weighted by atomic mass is 10.1. The molecule has 0 fully saturated rings. The van der Waals surface area contributed by atoms with Crippen LogP contribution in [0.5, 0.6) is 5.75 Å². The van der Waals surface area contributed by atoms with Gasteiger partial charge in [0.1, 0.15) is 11.3 Å². The Bertz CT molecular complexity index is 1280. The Morgan fingerprint density at radius 1 is 1.09 bits per heavy atom. The zero-order valence-electron chi connectivity index (χ0n) is 17.0. The zero-order valence-corrected chi connectivity index (χ0v) is 18.6. The number of hydrogen-bond acceptors (Lipinski definition) is 6. The molecule has 0 aliphatic heterocycles. The van der Waals surface area contributed by atoms with Crippen molar-refractivity contribution in [2.75, 3.05) is 12.0 Å². The second-order valence-electron chi connectivity index (χ2n) is 6.99. The second-order valence-corrected chi connectivity index (χ2v) is 8.37. The van der Waals surface area contributed by atoms with Crippen LogP contribution in [-0.4, -0.2) is 22.9 Å². The maximum atomic E-state index is 13.3. The predicted molar refractivity (Wildman–Crippen MR) is 126 cm³/mol. The van der Waals surface area contributed by atoms with Gasteiger partial charge in [0, 0.05) is 12.1 Å². The number of rotatable bonds is 7. The van der Waals surface area contributed by atoms with Crippen LogP contribution in [0.1, 0.15) is 11.1 Å². The molecule has 0 spiro atoms. The highest BCUT2D eigenvalue weighted by Crippen LogP contribution is 2.39. The lowest BCUT2D eigenvalue weighted by Crippen LogP contribution is -2.31. The summed E-state index contributed by atoms with van der Waals surface area (Å²) in [6, 6.07) is 19.1. The van der Waals surface area contributed by atoms with Crippen LogP contribution in [0, 0.1) is 10.1 Å². The number of carbonyl (C=O) groups is 1. The molecular weight excluding hydrogens is 450 g/mol. The van der Waals surface area contributed by atoms with Crippen molar-refractivity contribution < 1.29 is 14.5 Å². The number of halogens is 1. The molecule has 4 rings (SSSR count). The molecule has 7 nitrogen and oxygen atoms in total. The minimum atomic E-state index is -0.467. The molecule has 0 aliphatic rings. The van der Waals surface area contributed by atoms with Gasteiger partial charge in [-0.2, -0.15) is 0 Å². The molecule has 0 saturated heterocycles. The SMILES string of the molecule is COc1ccc(Cl)c2sc(N(Cc3ccccc3)C(=O)Cc3ccc([N+](=O)[O-])cc3)nc12. The van der Waals surface area contributed by atoms with E-state index in [1.165, 1.54) is 23.5 Å². The standard InChI is InChI=1S/C23H18ClN3O4S/c1-31-19-12-11-18(24)22-21(19)25-23(32-22)26(14-16-5-3-2-4-6-16)20(28)13-15-7-9-17(10-8-15)27(29)30/h2-12H,13-14H2,1H3. The summed E-state index contributed by atoms with van der Waals surface area (Å²) in [4.78, 5) is 30.1. The number of non-ortho nitro benzene ring substituents is 1. The molecule has 0 saturated carbocycles. The highest BCUT2D eigenvalue weighted by atomic mass is 35.5. The van der Waals surface area contributed by atoms with E-state index in [-0.39, 0.29) is 18.0 Å². The van der Waals surface area contributed by atoms with Crippen LogP contribution < -0.4 is 9.64 Å². The Balaban J connectivity index is 1.70.